The third-order valence-electron chi connectivity index (χ3n) is 5.10. The van der Waals surface area contributed by atoms with Crippen LogP contribution in [-0.2, 0) is 5.41 Å². The van der Waals surface area contributed by atoms with Gasteiger partial charge in [0, 0.05) is 19.3 Å². The molecule has 1 aliphatic heterocycles. The van der Waals surface area contributed by atoms with Crippen molar-refractivity contribution in [2.75, 3.05) is 19.6 Å². The second kappa shape index (κ2) is 8.23. The maximum Gasteiger partial charge on any atom is 0.271 e. The molecule has 6 nitrogen and oxygen atoms in total. The van der Waals surface area contributed by atoms with Crippen molar-refractivity contribution in [3.8, 4) is 0 Å². The van der Waals surface area contributed by atoms with E-state index in [1.54, 1.807) is 6.07 Å². The molecule has 3 rings (SSSR count). The summed E-state index contributed by atoms with van der Waals surface area (Å²) in [7, 11) is 0. The molecule has 2 unspecified atom stereocenters. The molecule has 0 saturated carbocycles. The van der Waals surface area contributed by atoms with E-state index < -0.39 is 6.10 Å². The third-order valence-corrected chi connectivity index (χ3v) is 5.10. The van der Waals surface area contributed by atoms with Crippen molar-refractivity contribution in [3.63, 3.8) is 0 Å². The summed E-state index contributed by atoms with van der Waals surface area (Å²) in [6.45, 7) is 8.54. The highest BCUT2D eigenvalue weighted by Crippen LogP contribution is 2.24. The van der Waals surface area contributed by atoms with Gasteiger partial charge in [-0.2, -0.15) is 5.10 Å². The predicted octanol–water partition coefficient (Wildman–Crippen LogP) is 2.57. The molecular formula is C21H30N4O2. The number of nitrogens with one attached hydrogen (secondary N) is 2. The normalized spacial score (nSPS) is 18.9. The topological polar surface area (TPSA) is 79.2 Å². The van der Waals surface area contributed by atoms with Crippen LogP contribution in [0, 0.1) is 0 Å². The van der Waals surface area contributed by atoms with Gasteiger partial charge in [0.05, 0.1) is 12.1 Å². The summed E-state index contributed by atoms with van der Waals surface area (Å²) in [4.78, 5) is 12.3. The van der Waals surface area contributed by atoms with E-state index in [0.29, 0.717) is 11.7 Å². The Labute approximate surface area is 161 Å². The Balaban J connectivity index is 1.54. The zero-order valence-corrected chi connectivity index (χ0v) is 16.4. The summed E-state index contributed by atoms with van der Waals surface area (Å²) >= 11 is 0. The van der Waals surface area contributed by atoms with Crippen LogP contribution in [0.25, 0.3) is 0 Å². The average Bonchev–Trinajstić information content (AvgIpc) is 3.16. The lowest BCUT2D eigenvalue weighted by Crippen LogP contribution is -2.32. The summed E-state index contributed by atoms with van der Waals surface area (Å²) in [5.41, 5.74) is 2.47. The summed E-state index contributed by atoms with van der Waals surface area (Å²) < 4.78 is 1.86. The molecule has 27 heavy (non-hydrogen) atoms. The Morgan fingerprint density at radius 1 is 1.33 bits per heavy atom. The van der Waals surface area contributed by atoms with Crippen molar-refractivity contribution in [3.05, 3.63) is 53.3 Å². The SMILES string of the molecule is CC(C)(C)c1ccc(C(O)CNC(=O)c2ccn(C3CCCNC3)n2)cc1. The molecule has 2 aromatic rings. The molecule has 1 fully saturated rings. The van der Waals surface area contributed by atoms with Gasteiger partial charge in [-0.15, -0.1) is 0 Å². The molecule has 2 atom stereocenters. The molecule has 6 heteroatoms. The number of piperidine rings is 1. The number of rotatable bonds is 5. The summed E-state index contributed by atoms with van der Waals surface area (Å²) in [6.07, 6.45) is 3.30. The van der Waals surface area contributed by atoms with Crippen LogP contribution in [0.3, 0.4) is 0 Å². The monoisotopic (exact) mass is 370 g/mol. The van der Waals surface area contributed by atoms with E-state index in [1.165, 1.54) is 5.56 Å². The molecule has 1 aromatic heterocycles. The number of hydrogen-bond donors (Lipinski definition) is 3. The number of hydrogen-bond acceptors (Lipinski definition) is 4. The predicted molar refractivity (Wildman–Crippen MR) is 106 cm³/mol. The number of amides is 1. The van der Waals surface area contributed by atoms with Crippen molar-refractivity contribution in [1.82, 2.24) is 20.4 Å². The quantitative estimate of drug-likeness (QED) is 0.756. The van der Waals surface area contributed by atoms with E-state index in [-0.39, 0.29) is 17.9 Å². The molecule has 0 spiro atoms. The molecule has 0 bridgehead atoms. The first-order chi connectivity index (χ1) is 12.8. The highest BCUT2D eigenvalue weighted by molar-refractivity contribution is 5.92. The van der Waals surface area contributed by atoms with Crippen LogP contribution in [0.2, 0.25) is 0 Å². The van der Waals surface area contributed by atoms with Gasteiger partial charge in [0.25, 0.3) is 5.91 Å². The van der Waals surface area contributed by atoms with E-state index in [4.69, 9.17) is 0 Å². The molecule has 1 saturated heterocycles. The Bertz CT molecular complexity index is 755. The van der Waals surface area contributed by atoms with Gasteiger partial charge >= 0.3 is 0 Å². The van der Waals surface area contributed by atoms with Gasteiger partial charge in [-0.1, -0.05) is 45.0 Å². The van der Waals surface area contributed by atoms with E-state index in [1.807, 2.05) is 35.1 Å². The van der Waals surface area contributed by atoms with Crippen LogP contribution in [0.15, 0.2) is 36.5 Å². The lowest BCUT2D eigenvalue weighted by Gasteiger charge is -2.22. The Hall–Kier alpha value is -2.18. The molecule has 1 aromatic carbocycles. The Morgan fingerprint density at radius 2 is 2.07 bits per heavy atom. The maximum atomic E-state index is 12.3. The van der Waals surface area contributed by atoms with Gasteiger partial charge < -0.3 is 15.7 Å². The van der Waals surface area contributed by atoms with Gasteiger partial charge in [0.2, 0.25) is 0 Å². The number of benzene rings is 1. The van der Waals surface area contributed by atoms with E-state index in [9.17, 15) is 9.90 Å². The first kappa shape index (κ1) is 19.6. The molecule has 3 N–H and O–H groups in total. The molecular weight excluding hydrogens is 340 g/mol. The fraction of sp³-hybridized carbons (Fsp3) is 0.524. The van der Waals surface area contributed by atoms with Crippen molar-refractivity contribution in [2.24, 2.45) is 0 Å². The fourth-order valence-corrected chi connectivity index (χ4v) is 3.32. The number of carbonyl (C=O) groups excluding carboxylic acids is 1. The lowest BCUT2D eigenvalue weighted by atomic mass is 9.86. The van der Waals surface area contributed by atoms with Crippen LogP contribution < -0.4 is 10.6 Å². The van der Waals surface area contributed by atoms with Crippen LogP contribution >= 0.6 is 0 Å². The zero-order chi connectivity index (χ0) is 19.4. The maximum absolute atomic E-state index is 12.3. The van der Waals surface area contributed by atoms with Crippen LogP contribution in [0.5, 0.6) is 0 Å². The summed E-state index contributed by atoms with van der Waals surface area (Å²) in [6, 6.07) is 9.92. The second-order valence-electron chi connectivity index (χ2n) is 8.28. The van der Waals surface area contributed by atoms with Gasteiger partial charge in [0.15, 0.2) is 0 Å². The fourth-order valence-electron chi connectivity index (χ4n) is 3.32. The minimum absolute atomic E-state index is 0.0738. The number of carbonyl (C=O) groups is 1. The summed E-state index contributed by atoms with van der Waals surface area (Å²) in [5, 5.41) is 20.9. The molecule has 2 heterocycles. The number of nitrogens with zero attached hydrogens (tertiary/aromatic N) is 2. The molecule has 0 radical (unpaired) electrons. The number of aliphatic hydroxyl groups excluding tert-OH is 1. The third kappa shape index (κ3) is 4.96. The summed E-state index contributed by atoms with van der Waals surface area (Å²) in [5.74, 6) is -0.261. The number of aliphatic hydroxyl groups is 1. The highest BCUT2D eigenvalue weighted by Gasteiger charge is 2.19. The van der Waals surface area contributed by atoms with Crippen molar-refractivity contribution in [2.45, 2.75) is 51.2 Å². The minimum Gasteiger partial charge on any atom is -0.387 e. The second-order valence-corrected chi connectivity index (χ2v) is 8.28. The first-order valence-electron chi connectivity index (χ1n) is 9.67. The van der Waals surface area contributed by atoms with Crippen LogP contribution in [0.1, 0.15) is 67.4 Å². The van der Waals surface area contributed by atoms with Crippen molar-refractivity contribution in [1.29, 1.82) is 0 Å². The van der Waals surface area contributed by atoms with Crippen LogP contribution in [0.4, 0.5) is 0 Å². The largest absolute Gasteiger partial charge is 0.387 e. The Morgan fingerprint density at radius 3 is 2.70 bits per heavy atom. The number of aromatic nitrogens is 2. The Kier molecular flexibility index (Phi) is 5.97. The van der Waals surface area contributed by atoms with Crippen molar-refractivity contribution >= 4 is 5.91 Å². The first-order valence-corrected chi connectivity index (χ1v) is 9.67. The lowest BCUT2D eigenvalue weighted by molar-refractivity contribution is 0.0910. The van der Waals surface area contributed by atoms with Gasteiger partial charge in [-0.05, 0) is 42.0 Å². The molecule has 1 amide bonds. The van der Waals surface area contributed by atoms with Gasteiger partial charge in [0.1, 0.15) is 5.69 Å². The molecule has 1 aliphatic rings. The highest BCUT2D eigenvalue weighted by atomic mass is 16.3. The molecule has 146 valence electrons. The standard InChI is InChI=1S/C21H30N4O2/c1-21(2,3)16-8-6-15(7-9-16)19(26)14-23-20(27)18-10-12-25(24-18)17-5-4-11-22-13-17/h6-10,12,17,19,22,26H,4-5,11,13-14H2,1-3H3,(H,23,27). The minimum atomic E-state index is -0.743. The molecule has 0 aliphatic carbocycles. The van der Waals surface area contributed by atoms with Crippen molar-refractivity contribution < 1.29 is 9.90 Å². The van der Waals surface area contributed by atoms with Gasteiger partial charge in [-0.3, -0.25) is 9.48 Å². The van der Waals surface area contributed by atoms with Crippen LogP contribution in [-0.4, -0.2) is 40.4 Å². The average molecular weight is 370 g/mol. The van der Waals surface area contributed by atoms with E-state index >= 15 is 0 Å². The zero-order valence-electron chi connectivity index (χ0n) is 16.4. The smallest absolute Gasteiger partial charge is 0.271 e. The van der Waals surface area contributed by atoms with E-state index in [0.717, 1.165) is 31.5 Å². The van der Waals surface area contributed by atoms with E-state index in [2.05, 4.69) is 36.5 Å². The van der Waals surface area contributed by atoms with Gasteiger partial charge in [-0.25, -0.2) is 0 Å².